The van der Waals surface area contributed by atoms with E-state index in [0.717, 1.165) is 26.2 Å². The summed E-state index contributed by atoms with van der Waals surface area (Å²) in [6.07, 6.45) is 8.40. The largest absolute Gasteiger partial charge is 0.384 e. The molecule has 1 aliphatic carbocycles. The fourth-order valence-corrected chi connectivity index (χ4v) is 4.84. The first-order valence-corrected chi connectivity index (χ1v) is 10.1. The molecule has 0 spiro atoms. The van der Waals surface area contributed by atoms with E-state index in [0.29, 0.717) is 11.3 Å². The summed E-state index contributed by atoms with van der Waals surface area (Å²) >= 11 is 0. The van der Waals surface area contributed by atoms with Gasteiger partial charge in [0.2, 0.25) is 0 Å². The molecule has 26 heavy (non-hydrogen) atoms. The van der Waals surface area contributed by atoms with E-state index in [-0.39, 0.29) is 5.41 Å². The first-order chi connectivity index (χ1) is 12.3. The lowest BCUT2D eigenvalue weighted by Gasteiger charge is -2.42. The van der Waals surface area contributed by atoms with Crippen LogP contribution >= 0.6 is 0 Å². The average Bonchev–Trinajstić information content (AvgIpc) is 3.00. The van der Waals surface area contributed by atoms with E-state index in [1.54, 1.807) is 0 Å². The number of likely N-dealkylation sites (N-methyl/N-ethyl adjacent to an activating group) is 2. The number of aromatic nitrogens is 2. The van der Waals surface area contributed by atoms with Crippen LogP contribution in [0.1, 0.15) is 70.1 Å². The van der Waals surface area contributed by atoms with Crippen molar-refractivity contribution in [2.75, 3.05) is 40.9 Å². The standard InChI is InChI=1S/C21H40N4O/c1-20(2,16-26-6)15-21(3)9-7-17(8-10-21)19-18(13-23-24-19)14-25(5)12-11-22-4/h13,17,22H,7-12,14-16H2,1-6H3,(H,23,24)/t17-,21+. The minimum absolute atomic E-state index is 0.254. The summed E-state index contributed by atoms with van der Waals surface area (Å²) in [5.41, 5.74) is 3.36. The molecule has 0 aromatic carbocycles. The van der Waals surface area contributed by atoms with Gasteiger partial charge < -0.3 is 15.0 Å². The van der Waals surface area contributed by atoms with Crippen molar-refractivity contribution in [2.45, 2.75) is 65.3 Å². The number of rotatable bonds is 10. The number of H-pyrrole nitrogens is 1. The first kappa shape index (κ1) is 21.4. The molecule has 1 aromatic heterocycles. The van der Waals surface area contributed by atoms with Crippen LogP contribution in [0.15, 0.2) is 6.20 Å². The van der Waals surface area contributed by atoms with Crippen LogP contribution in [0, 0.1) is 10.8 Å². The van der Waals surface area contributed by atoms with Crippen LogP contribution in [-0.4, -0.2) is 56.0 Å². The Kier molecular flexibility index (Phi) is 7.68. The molecule has 1 saturated carbocycles. The topological polar surface area (TPSA) is 53.2 Å². The molecule has 1 aromatic rings. The molecule has 0 saturated heterocycles. The second-order valence-electron chi connectivity index (χ2n) is 9.50. The number of nitrogens with one attached hydrogen (secondary N) is 2. The minimum Gasteiger partial charge on any atom is -0.384 e. The second-order valence-corrected chi connectivity index (χ2v) is 9.50. The molecule has 1 aliphatic rings. The summed E-state index contributed by atoms with van der Waals surface area (Å²) in [4.78, 5) is 2.37. The van der Waals surface area contributed by atoms with Crippen LogP contribution in [0.2, 0.25) is 0 Å². The highest BCUT2D eigenvalue weighted by molar-refractivity contribution is 5.21. The minimum atomic E-state index is 0.254. The van der Waals surface area contributed by atoms with Gasteiger partial charge in [-0.3, -0.25) is 5.10 Å². The van der Waals surface area contributed by atoms with Crippen molar-refractivity contribution in [1.82, 2.24) is 20.4 Å². The first-order valence-electron chi connectivity index (χ1n) is 10.1. The molecule has 1 fully saturated rings. The molecule has 5 heteroatoms. The highest BCUT2D eigenvalue weighted by atomic mass is 16.5. The lowest BCUT2D eigenvalue weighted by molar-refractivity contribution is 0.0451. The molecule has 150 valence electrons. The summed E-state index contributed by atoms with van der Waals surface area (Å²) in [5, 5.41) is 11.0. The Labute approximate surface area is 160 Å². The second kappa shape index (κ2) is 9.34. The Morgan fingerprint density at radius 1 is 1.38 bits per heavy atom. The molecule has 0 bridgehead atoms. The molecule has 5 nitrogen and oxygen atoms in total. The van der Waals surface area contributed by atoms with Gasteiger partial charge in [-0.1, -0.05) is 20.8 Å². The van der Waals surface area contributed by atoms with Gasteiger partial charge in [-0.05, 0) is 57.0 Å². The number of hydrogen-bond donors (Lipinski definition) is 2. The monoisotopic (exact) mass is 364 g/mol. The van der Waals surface area contributed by atoms with Crippen molar-refractivity contribution in [1.29, 1.82) is 0 Å². The van der Waals surface area contributed by atoms with Gasteiger partial charge in [-0.15, -0.1) is 0 Å². The average molecular weight is 365 g/mol. The Morgan fingerprint density at radius 2 is 2.08 bits per heavy atom. The highest BCUT2D eigenvalue weighted by Crippen LogP contribution is 2.48. The van der Waals surface area contributed by atoms with Crippen molar-refractivity contribution in [3.05, 3.63) is 17.5 Å². The third-order valence-electron chi connectivity index (χ3n) is 5.96. The van der Waals surface area contributed by atoms with Crippen molar-refractivity contribution in [3.63, 3.8) is 0 Å². The lowest BCUT2D eigenvalue weighted by Crippen LogP contribution is -2.32. The predicted molar refractivity (Wildman–Crippen MR) is 108 cm³/mol. The summed E-state index contributed by atoms with van der Waals surface area (Å²) in [5.74, 6) is 0.604. The molecule has 0 aliphatic heterocycles. The molecule has 0 atom stereocenters. The number of nitrogens with zero attached hydrogens (tertiary/aromatic N) is 2. The van der Waals surface area contributed by atoms with Gasteiger partial charge in [0.1, 0.15) is 0 Å². The van der Waals surface area contributed by atoms with E-state index >= 15 is 0 Å². The van der Waals surface area contributed by atoms with E-state index in [1.807, 2.05) is 14.2 Å². The molecule has 2 N–H and O–H groups in total. The van der Waals surface area contributed by atoms with Crippen molar-refractivity contribution in [2.24, 2.45) is 10.8 Å². The molecule has 0 unspecified atom stereocenters. The Balaban J connectivity index is 1.93. The van der Waals surface area contributed by atoms with Crippen LogP contribution in [-0.2, 0) is 11.3 Å². The smallest absolute Gasteiger partial charge is 0.0697 e. The molecular weight excluding hydrogens is 324 g/mol. The fraction of sp³-hybridized carbons (Fsp3) is 0.857. The van der Waals surface area contributed by atoms with Crippen LogP contribution < -0.4 is 5.32 Å². The number of aromatic amines is 1. The predicted octanol–water partition coefficient (Wildman–Crippen LogP) is 3.79. The van der Waals surface area contributed by atoms with Gasteiger partial charge >= 0.3 is 0 Å². The van der Waals surface area contributed by atoms with E-state index in [2.05, 4.69) is 54.4 Å². The van der Waals surface area contributed by atoms with Crippen molar-refractivity contribution in [3.8, 4) is 0 Å². The molecule has 0 amide bonds. The summed E-state index contributed by atoms with van der Waals surface area (Å²) in [6.45, 7) is 11.0. The van der Waals surface area contributed by atoms with Gasteiger partial charge in [-0.25, -0.2) is 0 Å². The molecule has 1 heterocycles. The van der Waals surface area contributed by atoms with Gasteiger partial charge in [0, 0.05) is 44.4 Å². The Bertz CT molecular complexity index is 532. The van der Waals surface area contributed by atoms with E-state index in [9.17, 15) is 0 Å². The number of ether oxygens (including phenoxy) is 1. The SMILES string of the molecule is CNCCN(C)Cc1c[nH]nc1[C@H]1CC[C@@](C)(CC(C)(C)COC)CC1. The van der Waals surface area contributed by atoms with Crippen LogP contribution in [0.3, 0.4) is 0 Å². The van der Waals surface area contributed by atoms with Gasteiger partial charge in [-0.2, -0.15) is 5.10 Å². The Morgan fingerprint density at radius 3 is 2.69 bits per heavy atom. The summed E-state index contributed by atoms with van der Waals surface area (Å²) in [7, 11) is 6.00. The Hall–Kier alpha value is -0.910. The molecule has 0 radical (unpaired) electrons. The van der Waals surface area contributed by atoms with Crippen LogP contribution in [0.5, 0.6) is 0 Å². The maximum absolute atomic E-state index is 5.43. The summed E-state index contributed by atoms with van der Waals surface area (Å²) < 4.78 is 5.43. The molecular formula is C21H40N4O. The van der Waals surface area contributed by atoms with E-state index in [1.165, 1.54) is 43.4 Å². The lowest BCUT2D eigenvalue weighted by atomic mass is 9.64. The van der Waals surface area contributed by atoms with Crippen molar-refractivity contribution >= 4 is 0 Å². The van der Waals surface area contributed by atoms with Gasteiger partial charge in [0.25, 0.3) is 0 Å². The van der Waals surface area contributed by atoms with Crippen molar-refractivity contribution < 1.29 is 4.74 Å². The highest BCUT2D eigenvalue weighted by Gasteiger charge is 2.37. The van der Waals surface area contributed by atoms with Crippen LogP contribution in [0.4, 0.5) is 0 Å². The third-order valence-corrected chi connectivity index (χ3v) is 5.96. The maximum atomic E-state index is 5.43. The fourth-order valence-electron chi connectivity index (χ4n) is 4.84. The quantitative estimate of drug-likeness (QED) is 0.663. The van der Waals surface area contributed by atoms with E-state index < -0.39 is 0 Å². The maximum Gasteiger partial charge on any atom is 0.0697 e. The zero-order valence-corrected chi connectivity index (χ0v) is 17.8. The van der Waals surface area contributed by atoms with Crippen LogP contribution in [0.25, 0.3) is 0 Å². The van der Waals surface area contributed by atoms with Gasteiger partial charge in [0.15, 0.2) is 0 Å². The zero-order chi connectivity index (χ0) is 19.2. The normalized spacial score (nSPS) is 24.3. The summed E-state index contributed by atoms with van der Waals surface area (Å²) in [6, 6.07) is 0. The zero-order valence-electron chi connectivity index (χ0n) is 17.8. The van der Waals surface area contributed by atoms with E-state index in [4.69, 9.17) is 4.74 Å². The number of hydrogen-bond acceptors (Lipinski definition) is 4. The molecule has 2 rings (SSSR count). The van der Waals surface area contributed by atoms with Gasteiger partial charge in [0.05, 0.1) is 12.3 Å². The number of methoxy groups -OCH3 is 1. The third kappa shape index (κ3) is 6.07.